The van der Waals surface area contributed by atoms with Gasteiger partial charge in [0.1, 0.15) is 11.3 Å². The van der Waals surface area contributed by atoms with Crippen LogP contribution in [0.3, 0.4) is 0 Å². The molecule has 0 saturated heterocycles. The number of nitrogens with zero attached hydrogens (tertiary/aromatic N) is 2. The van der Waals surface area contributed by atoms with E-state index >= 15 is 0 Å². The predicted molar refractivity (Wildman–Crippen MR) is 108 cm³/mol. The summed E-state index contributed by atoms with van der Waals surface area (Å²) in [7, 11) is 1.74. The molecule has 2 heterocycles. The van der Waals surface area contributed by atoms with E-state index in [1.807, 2.05) is 18.2 Å². The van der Waals surface area contributed by atoms with Gasteiger partial charge in [-0.05, 0) is 31.2 Å². The minimum absolute atomic E-state index is 0.0485. The van der Waals surface area contributed by atoms with Gasteiger partial charge in [0.25, 0.3) is 11.5 Å². The Balaban J connectivity index is 1.77. The van der Waals surface area contributed by atoms with E-state index in [0.717, 1.165) is 0 Å². The van der Waals surface area contributed by atoms with Gasteiger partial charge in [0.2, 0.25) is 5.43 Å². The highest BCUT2D eigenvalue weighted by Gasteiger charge is 2.20. The number of hydrogen-bond acceptors (Lipinski definition) is 3. The van der Waals surface area contributed by atoms with E-state index in [2.05, 4.69) is 10.3 Å². The van der Waals surface area contributed by atoms with Crippen LogP contribution in [0.5, 0.6) is 0 Å². The van der Waals surface area contributed by atoms with Crippen LogP contribution >= 0.6 is 0 Å². The van der Waals surface area contributed by atoms with Gasteiger partial charge in [0.05, 0.1) is 11.4 Å². The van der Waals surface area contributed by atoms with Crippen molar-refractivity contribution in [2.45, 2.75) is 6.92 Å². The molecule has 2 aromatic carbocycles. The van der Waals surface area contributed by atoms with Crippen molar-refractivity contribution in [2.75, 3.05) is 5.32 Å². The fourth-order valence-corrected chi connectivity index (χ4v) is 3.23. The van der Waals surface area contributed by atoms with Crippen molar-refractivity contribution in [2.24, 2.45) is 7.05 Å². The largest absolute Gasteiger partial charge is 0.360 e. The first-order valence-corrected chi connectivity index (χ1v) is 8.75. The van der Waals surface area contributed by atoms with E-state index in [0.29, 0.717) is 22.3 Å². The smallest absolute Gasteiger partial charge is 0.295 e. The molecule has 0 unspecified atom stereocenters. The summed E-state index contributed by atoms with van der Waals surface area (Å²) in [5, 5.41) is 3.04. The Morgan fingerprint density at radius 1 is 1.00 bits per heavy atom. The number of nitrogens with one attached hydrogen (secondary N) is 2. The number of anilines is 1. The lowest BCUT2D eigenvalue weighted by Gasteiger charge is -2.07. The number of rotatable bonds is 3. The molecule has 0 atom stereocenters. The van der Waals surface area contributed by atoms with Crippen molar-refractivity contribution in [1.29, 1.82) is 0 Å². The number of H-pyrrole nitrogens is 1. The number of carbonyl (C=O) groups is 1. The summed E-state index contributed by atoms with van der Waals surface area (Å²) in [6.45, 7) is 1.74. The third kappa shape index (κ3) is 2.73. The number of aromatic amines is 1. The minimum Gasteiger partial charge on any atom is -0.360 e. The molecule has 0 fully saturated rings. The van der Waals surface area contributed by atoms with Crippen molar-refractivity contribution in [1.82, 2.24) is 14.3 Å². The number of hydrogen-bond donors (Lipinski definition) is 2. The molecule has 4 rings (SSSR count). The topological polar surface area (TPSA) is 88.9 Å². The average molecular weight is 374 g/mol. The second-order valence-corrected chi connectivity index (χ2v) is 6.47. The normalized spacial score (nSPS) is 10.9. The third-order valence-electron chi connectivity index (χ3n) is 4.83. The van der Waals surface area contributed by atoms with E-state index in [4.69, 9.17) is 0 Å². The summed E-state index contributed by atoms with van der Waals surface area (Å²) in [5.74, 6) is -0.627. The van der Waals surface area contributed by atoms with Gasteiger partial charge in [-0.15, -0.1) is 0 Å². The van der Waals surface area contributed by atoms with Gasteiger partial charge in [0, 0.05) is 24.1 Å². The highest BCUT2D eigenvalue weighted by atomic mass is 16.2. The first kappa shape index (κ1) is 17.5. The van der Waals surface area contributed by atoms with Crippen molar-refractivity contribution in [3.8, 4) is 5.69 Å². The number of benzene rings is 2. The van der Waals surface area contributed by atoms with E-state index < -0.39 is 5.91 Å². The lowest BCUT2D eigenvalue weighted by atomic mass is 10.1. The summed E-state index contributed by atoms with van der Waals surface area (Å²) in [4.78, 5) is 41.3. The Labute approximate surface area is 159 Å². The van der Waals surface area contributed by atoms with Gasteiger partial charge in [0.15, 0.2) is 0 Å². The SMILES string of the molecule is Cc1c(NC(=O)c2c[nH]c3ccccc3c2=O)c(=O)n(-c2ccccc2)n1C. The lowest BCUT2D eigenvalue weighted by molar-refractivity contribution is 0.102. The molecule has 2 aromatic heterocycles. The van der Waals surface area contributed by atoms with Crippen LogP contribution in [0.15, 0.2) is 70.4 Å². The molecule has 4 aromatic rings. The zero-order chi connectivity index (χ0) is 19.8. The minimum atomic E-state index is -0.627. The van der Waals surface area contributed by atoms with E-state index in [9.17, 15) is 14.4 Å². The fourth-order valence-electron chi connectivity index (χ4n) is 3.23. The van der Waals surface area contributed by atoms with Crippen LogP contribution in [0.25, 0.3) is 16.6 Å². The average Bonchev–Trinajstić information content (AvgIpc) is 2.92. The molecule has 0 radical (unpaired) electrons. The van der Waals surface area contributed by atoms with Crippen LogP contribution in [-0.2, 0) is 7.05 Å². The third-order valence-corrected chi connectivity index (χ3v) is 4.83. The Hall–Kier alpha value is -3.87. The van der Waals surface area contributed by atoms with Gasteiger partial charge in [-0.1, -0.05) is 30.3 Å². The van der Waals surface area contributed by atoms with Crippen molar-refractivity contribution >= 4 is 22.5 Å². The molecule has 7 heteroatoms. The van der Waals surface area contributed by atoms with E-state index in [1.54, 1.807) is 55.1 Å². The first-order chi connectivity index (χ1) is 13.5. The predicted octanol–water partition coefficient (Wildman–Crippen LogP) is 2.58. The molecule has 7 nitrogen and oxygen atoms in total. The molecular weight excluding hydrogens is 356 g/mol. The van der Waals surface area contributed by atoms with Crippen LogP contribution in [-0.4, -0.2) is 20.3 Å². The second-order valence-electron chi connectivity index (χ2n) is 6.47. The van der Waals surface area contributed by atoms with Crippen LogP contribution in [0.2, 0.25) is 0 Å². The molecule has 140 valence electrons. The molecule has 0 aliphatic carbocycles. The summed E-state index contributed by atoms with van der Waals surface area (Å²) in [5.41, 5.74) is 1.25. The zero-order valence-electron chi connectivity index (χ0n) is 15.4. The van der Waals surface area contributed by atoms with Gasteiger partial charge >= 0.3 is 0 Å². The molecule has 0 aliphatic rings. The Morgan fingerprint density at radius 3 is 2.43 bits per heavy atom. The van der Waals surface area contributed by atoms with E-state index in [-0.39, 0.29) is 22.2 Å². The maximum Gasteiger partial charge on any atom is 0.295 e. The molecule has 0 aliphatic heterocycles. The van der Waals surface area contributed by atoms with Gasteiger partial charge in [-0.25, -0.2) is 4.68 Å². The van der Waals surface area contributed by atoms with Crippen molar-refractivity contribution < 1.29 is 4.79 Å². The van der Waals surface area contributed by atoms with Crippen molar-refractivity contribution in [3.05, 3.63) is 92.6 Å². The van der Waals surface area contributed by atoms with Crippen LogP contribution in [0.4, 0.5) is 5.69 Å². The summed E-state index contributed by atoms with van der Waals surface area (Å²) in [6.07, 6.45) is 1.37. The highest BCUT2D eigenvalue weighted by Crippen LogP contribution is 2.15. The quantitative estimate of drug-likeness (QED) is 0.578. The second kappa shape index (κ2) is 6.70. The number of carbonyl (C=O) groups excluding carboxylic acids is 1. The van der Waals surface area contributed by atoms with E-state index in [1.165, 1.54) is 10.9 Å². The van der Waals surface area contributed by atoms with Gasteiger partial charge in [-0.2, -0.15) is 0 Å². The number of fused-ring (bicyclic) bond motifs is 1. The molecule has 28 heavy (non-hydrogen) atoms. The van der Waals surface area contributed by atoms with Crippen LogP contribution < -0.4 is 16.3 Å². The Morgan fingerprint density at radius 2 is 1.68 bits per heavy atom. The summed E-state index contributed by atoms with van der Waals surface area (Å²) < 4.78 is 3.13. The van der Waals surface area contributed by atoms with Crippen molar-refractivity contribution in [3.63, 3.8) is 0 Å². The number of aromatic nitrogens is 3. The van der Waals surface area contributed by atoms with Gasteiger partial charge in [-0.3, -0.25) is 19.1 Å². The van der Waals surface area contributed by atoms with Gasteiger partial charge < -0.3 is 10.3 Å². The van der Waals surface area contributed by atoms with Crippen LogP contribution in [0.1, 0.15) is 16.1 Å². The zero-order valence-corrected chi connectivity index (χ0v) is 15.4. The summed E-state index contributed by atoms with van der Waals surface area (Å²) >= 11 is 0. The standard InChI is InChI=1S/C21H18N4O3/c1-13-18(21(28)25(24(13)2)14-8-4-3-5-9-14)23-20(27)16-12-22-17-11-7-6-10-15(17)19(16)26/h3-12H,1-2H3,(H,22,26)(H,23,27). The fraction of sp³-hybridized carbons (Fsp3) is 0.0952. The van der Waals surface area contributed by atoms with Crippen LogP contribution in [0, 0.1) is 6.92 Å². The number of para-hydroxylation sites is 2. The molecule has 0 bridgehead atoms. The Kier molecular flexibility index (Phi) is 4.19. The first-order valence-electron chi connectivity index (χ1n) is 8.75. The lowest BCUT2D eigenvalue weighted by Crippen LogP contribution is -2.26. The molecule has 0 spiro atoms. The maximum absolute atomic E-state index is 12.9. The molecular formula is C21H18N4O3. The Bertz CT molecular complexity index is 1310. The monoisotopic (exact) mass is 374 g/mol. The highest BCUT2D eigenvalue weighted by molar-refractivity contribution is 6.05. The molecule has 2 N–H and O–H groups in total. The maximum atomic E-state index is 12.9. The number of amides is 1. The summed E-state index contributed by atoms with van der Waals surface area (Å²) in [6, 6.07) is 16.1. The molecule has 1 amide bonds. The molecule has 0 saturated carbocycles. The number of pyridine rings is 1.